The van der Waals surface area contributed by atoms with Gasteiger partial charge in [-0.05, 0) is 38.2 Å². The Morgan fingerprint density at radius 1 is 1.17 bits per heavy atom. The summed E-state index contributed by atoms with van der Waals surface area (Å²) in [6.07, 6.45) is 4.78. The van der Waals surface area contributed by atoms with Gasteiger partial charge in [-0.1, -0.05) is 11.6 Å². The minimum atomic E-state index is -0.501. The molecular formula is C25H29ClFN7O2. The molecule has 1 aliphatic rings. The molecule has 0 aliphatic carbocycles. The molecule has 0 spiro atoms. The van der Waals surface area contributed by atoms with E-state index in [0.29, 0.717) is 40.7 Å². The fourth-order valence-corrected chi connectivity index (χ4v) is 3.99. The van der Waals surface area contributed by atoms with E-state index in [1.165, 1.54) is 18.3 Å². The number of nitrogens with zero attached hydrogens (tertiary/aromatic N) is 5. The van der Waals surface area contributed by atoms with Gasteiger partial charge in [-0.25, -0.2) is 14.2 Å². The van der Waals surface area contributed by atoms with Crippen LogP contribution in [0.15, 0.2) is 42.9 Å². The Hall–Kier alpha value is -3.34. The van der Waals surface area contributed by atoms with Crippen molar-refractivity contribution in [2.75, 3.05) is 63.6 Å². The Labute approximate surface area is 214 Å². The molecule has 1 fully saturated rings. The molecule has 0 bridgehead atoms. The first-order chi connectivity index (χ1) is 17.4. The molecular weight excluding hydrogens is 485 g/mol. The van der Waals surface area contributed by atoms with Crippen LogP contribution in [0.3, 0.4) is 0 Å². The fraction of sp³-hybridized carbons (Fsp3) is 0.360. The molecule has 190 valence electrons. The summed E-state index contributed by atoms with van der Waals surface area (Å²) in [7, 11) is 2.13. The van der Waals surface area contributed by atoms with Crippen LogP contribution < -0.4 is 10.6 Å². The molecule has 0 amide bonds. The smallest absolute Gasteiger partial charge is 0.339 e. The third kappa shape index (κ3) is 6.66. The van der Waals surface area contributed by atoms with Crippen LogP contribution in [0.5, 0.6) is 0 Å². The number of ether oxygens (including phenoxy) is 1. The lowest BCUT2D eigenvalue weighted by Gasteiger charge is -2.32. The van der Waals surface area contributed by atoms with E-state index in [0.717, 1.165) is 32.7 Å². The standard InChI is InChI=1S/C25H29ClFN7O2/c1-3-36-24(35)18-12-17(14-28-15-18)20-16-30-25(31-19-4-5-22(27)21(26)13-19)32-23(20)29-6-7-34-10-8-33(2)9-11-34/h4-5,12-16H,3,6-11H2,1-2H3,(H2,29,30,31,32). The molecule has 0 unspecified atom stereocenters. The van der Waals surface area contributed by atoms with Crippen molar-refractivity contribution in [1.82, 2.24) is 24.8 Å². The van der Waals surface area contributed by atoms with Crippen LogP contribution in [0.2, 0.25) is 5.02 Å². The molecule has 36 heavy (non-hydrogen) atoms. The number of nitrogens with one attached hydrogen (secondary N) is 2. The Kier molecular flexibility index (Phi) is 8.63. The number of hydrogen-bond acceptors (Lipinski definition) is 9. The molecule has 0 radical (unpaired) electrons. The van der Waals surface area contributed by atoms with Crippen LogP contribution in [0, 0.1) is 5.82 Å². The third-order valence-corrected chi connectivity index (χ3v) is 6.13. The molecule has 4 rings (SSSR count). The summed E-state index contributed by atoms with van der Waals surface area (Å²) in [5.74, 6) is -0.0433. The highest BCUT2D eigenvalue weighted by atomic mass is 35.5. The summed E-state index contributed by atoms with van der Waals surface area (Å²) in [4.78, 5) is 30.2. The lowest BCUT2D eigenvalue weighted by molar-refractivity contribution is 0.0526. The van der Waals surface area contributed by atoms with Crippen molar-refractivity contribution in [3.8, 4) is 11.1 Å². The van der Waals surface area contributed by atoms with Gasteiger partial charge in [0.1, 0.15) is 11.6 Å². The van der Waals surface area contributed by atoms with Crippen molar-refractivity contribution in [3.63, 3.8) is 0 Å². The molecule has 0 saturated carbocycles. The molecule has 1 saturated heterocycles. The minimum Gasteiger partial charge on any atom is -0.462 e. The molecule has 1 aromatic carbocycles. The van der Waals surface area contributed by atoms with Crippen molar-refractivity contribution >= 4 is 35.0 Å². The molecule has 2 N–H and O–H groups in total. The highest BCUT2D eigenvalue weighted by Gasteiger charge is 2.16. The second-order valence-corrected chi connectivity index (χ2v) is 8.87. The number of likely N-dealkylation sites (N-methyl/N-ethyl adjacent to an activating group) is 1. The molecule has 1 aliphatic heterocycles. The number of halogens is 2. The second kappa shape index (κ2) is 12.1. The molecule has 3 aromatic rings. The lowest BCUT2D eigenvalue weighted by atomic mass is 10.1. The summed E-state index contributed by atoms with van der Waals surface area (Å²) < 4.78 is 18.7. The van der Waals surface area contributed by atoms with Gasteiger partial charge < -0.3 is 20.3 Å². The highest BCUT2D eigenvalue weighted by Crippen LogP contribution is 2.28. The van der Waals surface area contributed by atoms with E-state index in [9.17, 15) is 9.18 Å². The first-order valence-corrected chi connectivity index (χ1v) is 12.2. The Morgan fingerprint density at radius 2 is 1.97 bits per heavy atom. The van der Waals surface area contributed by atoms with Gasteiger partial charge in [0.25, 0.3) is 0 Å². The van der Waals surface area contributed by atoms with E-state index in [1.807, 2.05) is 0 Å². The predicted octanol–water partition coefficient (Wildman–Crippen LogP) is 3.91. The molecule has 9 nitrogen and oxygen atoms in total. The average Bonchev–Trinajstić information content (AvgIpc) is 2.88. The van der Waals surface area contributed by atoms with Crippen molar-refractivity contribution in [2.45, 2.75) is 6.92 Å². The first kappa shape index (κ1) is 25.7. The third-order valence-electron chi connectivity index (χ3n) is 5.84. The van der Waals surface area contributed by atoms with E-state index < -0.39 is 11.8 Å². The zero-order valence-electron chi connectivity index (χ0n) is 20.3. The van der Waals surface area contributed by atoms with Gasteiger partial charge in [0, 0.05) is 74.7 Å². The summed E-state index contributed by atoms with van der Waals surface area (Å²) in [5, 5.41) is 6.48. The summed E-state index contributed by atoms with van der Waals surface area (Å²) in [6, 6.07) is 6.02. The van der Waals surface area contributed by atoms with E-state index in [4.69, 9.17) is 16.3 Å². The predicted molar refractivity (Wildman–Crippen MR) is 138 cm³/mol. The van der Waals surface area contributed by atoms with Crippen LogP contribution in [-0.2, 0) is 4.74 Å². The van der Waals surface area contributed by atoms with E-state index in [2.05, 4.69) is 42.4 Å². The number of piperazine rings is 1. The summed E-state index contributed by atoms with van der Waals surface area (Å²) >= 11 is 5.91. The fourth-order valence-electron chi connectivity index (χ4n) is 3.81. The lowest BCUT2D eigenvalue weighted by Crippen LogP contribution is -2.45. The zero-order valence-corrected chi connectivity index (χ0v) is 21.1. The van der Waals surface area contributed by atoms with Crippen LogP contribution in [0.1, 0.15) is 17.3 Å². The number of aromatic nitrogens is 3. The molecule has 3 heterocycles. The van der Waals surface area contributed by atoms with Crippen LogP contribution in [-0.4, -0.2) is 83.6 Å². The maximum Gasteiger partial charge on any atom is 0.339 e. The van der Waals surface area contributed by atoms with E-state index in [1.54, 1.807) is 31.5 Å². The maximum atomic E-state index is 13.5. The SMILES string of the molecule is CCOC(=O)c1cncc(-c2cnc(Nc3ccc(F)c(Cl)c3)nc2NCCN2CCN(C)CC2)c1. The minimum absolute atomic E-state index is 0.00370. The zero-order chi connectivity index (χ0) is 25.5. The van der Waals surface area contributed by atoms with Crippen molar-refractivity contribution < 1.29 is 13.9 Å². The van der Waals surface area contributed by atoms with Gasteiger partial charge in [-0.2, -0.15) is 4.98 Å². The van der Waals surface area contributed by atoms with Crippen LogP contribution >= 0.6 is 11.6 Å². The number of anilines is 3. The van der Waals surface area contributed by atoms with Gasteiger partial charge in [0.2, 0.25) is 5.95 Å². The first-order valence-electron chi connectivity index (χ1n) is 11.8. The van der Waals surface area contributed by atoms with Crippen molar-refractivity contribution in [1.29, 1.82) is 0 Å². The molecule has 2 aromatic heterocycles. The topological polar surface area (TPSA) is 95.5 Å². The molecule has 11 heteroatoms. The van der Waals surface area contributed by atoms with Gasteiger partial charge >= 0.3 is 5.97 Å². The Balaban J connectivity index is 1.57. The van der Waals surface area contributed by atoms with Gasteiger partial charge in [-0.15, -0.1) is 0 Å². The Morgan fingerprint density at radius 3 is 2.72 bits per heavy atom. The van der Waals surface area contributed by atoms with Crippen LogP contribution in [0.4, 0.5) is 21.8 Å². The van der Waals surface area contributed by atoms with E-state index in [-0.39, 0.29) is 11.6 Å². The maximum absolute atomic E-state index is 13.5. The number of rotatable bonds is 9. The number of esters is 1. The largest absolute Gasteiger partial charge is 0.462 e. The average molecular weight is 514 g/mol. The number of pyridine rings is 1. The number of carbonyl (C=O) groups is 1. The van der Waals surface area contributed by atoms with Gasteiger partial charge in [0.15, 0.2) is 0 Å². The number of hydrogen-bond donors (Lipinski definition) is 2. The summed E-state index contributed by atoms with van der Waals surface area (Å²) in [5.41, 5.74) is 2.28. The van der Waals surface area contributed by atoms with Crippen molar-refractivity contribution in [3.05, 3.63) is 59.3 Å². The monoisotopic (exact) mass is 513 g/mol. The van der Waals surface area contributed by atoms with Gasteiger partial charge in [0.05, 0.1) is 17.2 Å². The van der Waals surface area contributed by atoms with Crippen molar-refractivity contribution in [2.24, 2.45) is 0 Å². The summed E-state index contributed by atoms with van der Waals surface area (Å²) in [6.45, 7) is 7.66. The Bertz CT molecular complexity index is 1200. The normalized spacial score (nSPS) is 14.4. The number of benzene rings is 1. The molecule has 0 atom stereocenters. The second-order valence-electron chi connectivity index (χ2n) is 8.46. The quantitative estimate of drug-likeness (QED) is 0.413. The van der Waals surface area contributed by atoms with Crippen LogP contribution in [0.25, 0.3) is 11.1 Å². The highest BCUT2D eigenvalue weighted by molar-refractivity contribution is 6.31. The van der Waals surface area contributed by atoms with E-state index >= 15 is 0 Å². The number of carbonyl (C=O) groups excluding carboxylic acids is 1. The van der Waals surface area contributed by atoms with Gasteiger partial charge in [-0.3, -0.25) is 9.88 Å².